The zero-order valence-corrected chi connectivity index (χ0v) is 17.0. The van der Waals surface area contributed by atoms with Gasteiger partial charge in [-0.2, -0.15) is 0 Å². The molecule has 5 nitrogen and oxygen atoms in total. The van der Waals surface area contributed by atoms with Gasteiger partial charge >= 0.3 is 0 Å². The molecule has 0 atom stereocenters. The first-order valence-corrected chi connectivity index (χ1v) is 9.98. The largest absolute Gasteiger partial charge is 0.333 e. The van der Waals surface area contributed by atoms with E-state index in [-0.39, 0.29) is 5.91 Å². The van der Waals surface area contributed by atoms with Crippen LogP contribution < -0.4 is 0 Å². The van der Waals surface area contributed by atoms with Crippen LogP contribution in [0.25, 0.3) is 0 Å². The predicted molar refractivity (Wildman–Crippen MR) is 117 cm³/mol. The highest BCUT2D eigenvalue weighted by Crippen LogP contribution is 2.18. The molecule has 0 N–H and O–H groups in total. The summed E-state index contributed by atoms with van der Waals surface area (Å²) in [6, 6.07) is 21.8. The van der Waals surface area contributed by atoms with Crippen molar-refractivity contribution in [1.29, 1.82) is 0 Å². The Kier molecular flexibility index (Phi) is 5.99. The maximum absolute atomic E-state index is 13.7. The van der Waals surface area contributed by atoms with Gasteiger partial charge in [-0.3, -0.25) is 9.78 Å². The highest BCUT2D eigenvalue weighted by molar-refractivity contribution is 5.95. The van der Waals surface area contributed by atoms with Crippen molar-refractivity contribution in [2.75, 3.05) is 0 Å². The molecule has 4 rings (SSSR count). The Morgan fingerprint density at radius 3 is 2.50 bits per heavy atom. The number of hydrogen-bond donors (Lipinski definition) is 0. The minimum Gasteiger partial charge on any atom is -0.333 e. The lowest BCUT2D eigenvalue weighted by atomic mass is 10.0. The van der Waals surface area contributed by atoms with Gasteiger partial charge in [-0.15, -0.1) is 0 Å². The lowest BCUT2D eigenvalue weighted by molar-refractivity contribution is 0.0726. The minimum atomic E-state index is -0.000351. The molecule has 0 aliphatic carbocycles. The zero-order chi connectivity index (χ0) is 20.8. The van der Waals surface area contributed by atoms with E-state index in [1.807, 2.05) is 89.3 Å². The number of amides is 1. The summed E-state index contributed by atoms with van der Waals surface area (Å²) in [6.45, 7) is 3.61. The molecule has 1 amide bonds. The molecule has 0 radical (unpaired) electrons. The number of rotatable bonds is 7. The number of aryl methyl sites for hydroxylation is 1. The summed E-state index contributed by atoms with van der Waals surface area (Å²) in [4.78, 5) is 24.2. The lowest BCUT2D eigenvalue weighted by Gasteiger charge is -2.24. The van der Waals surface area contributed by atoms with Crippen LogP contribution in [0.1, 0.15) is 32.7 Å². The van der Waals surface area contributed by atoms with E-state index in [9.17, 15) is 4.79 Å². The molecule has 0 spiro atoms. The van der Waals surface area contributed by atoms with Gasteiger partial charge in [-0.05, 0) is 35.7 Å². The number of carbonyl (C=O) groups is 1. The van der Waals surface area contributed by atoms with E-state index in [4.69, 9.17) is 0 Å². The Balaban J connectivity index is 1.66. The van der Waals surface area contributed by atoms with Crippen LogP contribution in [0.15, 0.2) is 91.6 Å². The van der Waals surface area contributed by atoms with Crippen molar-refractivity contribution in [3.05, 3.63) is 120 Å². The molecule has 150 valence electrons. The third-order valence-corrected chi connectivity index (χ3v) is 5.12. The Hall–Kier alpha value is -3.73. The average Bonchev–Trinajstić information content (AvgIpc) is 3.28. The highest BCUT2D eigenvalue weighted by atomic mass is 16.2. The maximum atomic E-state index is 13.7. The molecule has 0 aliphatic heterocycles. The van der Waals surface area contributed by atoms with Crippen LogP contribution >= 0.6 is 0 Å². The third-order valence-electron chi connectivity index (χ3n) is 5.12. The van der Waals surface area contributed by atoms with Gasteiger partial charge < -0.3 is 9.47 Å². The second-order valence-corrected chi connectivity index (χ2v) is 7.31. The second kappa shape index (κ2) is 9.18. The number of hydrogen-bond acceptors (Lipinski definition) is 3. The Morgan fingerprint density at radius 1 is 0.933 bits per heavy atom. The van der Waals surface area contributed by atoms with Crippen LogP contribution in [-0.2, 0) is 19.6 Å². The van der Waals surface area contributed by atoms with Crippen molar-refractivity contribution >= 4 is 5.91 Å². The third kappa shape index (κ3) is 4.63. The zero-order valence-electron chi connectivity index (χ0n) is 17.0. The Bertz CT molecular complexity index is 1110. The van der Waals surface area contributed by atoms with E-state index in [0.29, 0.717) is 25.2 Å². The smallest absolute Gasteiger partial charge is 0.254 e. The number of aromatic nitrogens is 3. The molecular weight excluding hydrogens is 372 g/mol. The van der Waals surface area contributed by atoms with E-state index < -0.39 is 0 Å². The van der Waals surface area contributed by atoms with Crippen molar-refractivity contribution in [2.45, 2.75) is 26.6 Å². The number of pyridine rings is 1. The van der Waals surface area contributed by atoms with Gasteiger partial charge in [-0.1, -0.05) is 54.6 Å². The standard InChI is InChI=1S/C25H24N4O/c1-20-8-7-13-27-24(20)18-29(16-21-9-3-2-4-10-21)25(30)23-12-6-5-11-22(23)17-28-15-14-26-19-28/h2-15,19H,16-18H2,1H3. The summed E-state index contributed by atoms with van der Waals surface area (Å²) in [5.74, 6) is -0.000351. The van der Waals surface area contributed by atoms with Gasteiger partial charge in [0.15, 0.2) is 0 Å². The molecule has 0 bridgehead atoms. The molecule has 2 aromatic heterocycles. The molecule has 5 heteroatoms. The molecule has 4 aromatic rings. The van der Waals surface area contributed by atoms with E-state index >= 15 is 0 Å². The van der Waals surface area contributed by atoms with Gasteiger partial charge in [0, 0.05) is 37.2 Å². The van der Waals surface area contributed by atoms with Crippen molar-refractivity contribution < 1.29 is 4.79 Å². The normalized spacial score (nSPS) is 10.7. The molecule has 0 unspecified atom stereocenters. The summed E-state index contributed by atoms with van der Waals surface area (Å²) in [6.07, 6.45) is 7.19. The molecule has 30 heavy (non-hydrogen) atoms. The monoisotopic (exact) mass is 396 g/mol. The van der Waals surface area contributed by atoms with Gasteiger partial charge in [-0.25, -0.2) is 4.98 Å². The Morgan fingerprint density at radius 2 is 1.73 bits per heavy atom. The topological polar surface area (TPSA) is 51.0 Å². The summed E-state index contributed by atoms with van der Waals surface area (Å²) < 4.78 is 1.97. The van der Waals surface area contributed by atoms with Crippen molar-refractivity contribution in [3.63, 3.8) is 0 Å². The number of carbonyl (C=O) groups excluding carboxylic acids is 1. The molecule has 0 fully saturated rings. The first-order chi connectivity index (χ1) is 14.7. The summed E-state index contributed by atoms with van der Waals surface area (Å²) in [5.41, 5.74) is 4.75. The quantitative estimate of drug-likeness (QED) is 0.463. The van der Waals surface area contributed by atoms with E-state index in [1.165, 1.54) is 0 Å². The molecule has 2 heterocycles. The lowest BCUT2D eigenvalue weighted by Crippen LogP contribution is -2.31. The molecule has 0 aliphatic rings. The summed E-state index contributed by atoms with van der Waals surface area (Å²) in [5, 5.41) is 0. The first kappa shape index (κ1) is 19.6. The summed E-state index contributed by atoms with van der Waals surface area (Å²) >= 11 is 0. The predicted octanol–water partition coefficient (Wildman–Crippen LogP) is 4.48. The van der Waals surface area contributed by atoms with Gasteiger partial charge in [0.1, 0.15) is 0 Å². The molecule has 0 saturated heterocycles. The van der Waals surface area contributed by atoms with Crippen molar-refractivity contribution in [1.82, 2.24) is 19.4 Å². The molecule has 0 saturated carbocycles. The molecular formula is C25H24N4O. The second-order valence-electron chi connectivity index (χ2n) is 7.31. The van der Waals surface area contributed by atoms with Crippen LogP contribution in [-0.4, -0.2) is 25.3 Å². The van der Waals surface area contributed by atoms with Crippen LogP contribution in [0.4, 0.5) is 0 Å². The number of imidazole rings is 1. The Labute approximate surface area is 176 Å². The van der Waals surface area contributed by atoms with Crippen molar-refractivity contribution in [2.24, 2.45) is 0 Å². The maximum Gasteiger partial charge on any atom is 0.254 e. The van der Waals surface area contributed by atoms with Crippen LogP contribution in [0.2, 0.25) is 0 Å². The number of nitrogens with zero attached hydrogens (tertiary/aromatic N) is 4. The van der Waals surface area contributed by atoms with E-state index in [1.54, 1.807) is 18.7 Å². The van der Waals surface area contributed by atoms with Gasteiger partial charge in [0.25, 0.3) is 5.91 Å². The fourth-order valence-electron chi connectivity index (χ4n) is 3.48. The average molecular weight is 396 g/mol. The van der Waals surface area contributed by atoms with Crippen molar-refractivity contribution in [3.8, 4) is 0 Å². The fourth-order valence-corrected chi connectivity index (χ4v) is 3.48. The first-order valence-electron chi connectivity index (χ1n) is 9.98. The highest BCUT2D eigenvalue weighted by Gasteiger charge is 2.20. The SMILES string of the molecule is Cc1cccnc1CN(Cc1ccccc1)C(=O)c1ccccc1Cn1ccnc1. The van der Waals surface area contributed by atoms with Crippen LogP contribution in [0.3, 0.4) is 0 Å². The molecule has 2 aromatic carbocycles. The van der Waals surface area contributed by atoms with E-state index in [2.05, 4.69) is 9.97 Å². The number of benzene rings is 2. The van der Waals surface area contributed by atoms with Crippen LogP contribution in [0.5, 0.6) is 0 Å². The van der Waals surface area contributed by atoms with Crippen LogP contribution in [0, 0.1) is 6.92 Å². The van der Waals surface area contributed by atoms with Gasteiger partial charge in [0.05, 0.1) is 18.6 Å². The minimum absolute atomic E-state index is 0.000351. The fraction of sp³-hybridized carbons (Fsp3) is 0.160. The van der Waals surface area contributed by atoms with Gasteiger partial charge in [0.2, 0.25) is 0 Å². The summed E-state index contributed by atoms with van der Waals surface area (Å²) in [7, 11) is 0. The van der Waals surface area contributed by atoms with E-state index in [0.717, 1.165) is 22.4 Å².